The maximum atomic E-state index is 3.39. The van der Waals surface area contributed by atoms with Crippen LogP contribution in [0.5, 0.6) is 0 Å². The van der Waals surface area contributed by atoms with E-state index in [-0.39, 0.29) is 0 Å². The van der Waals surface area contributed by atoms with Crippen LogP contribution in [0, 0.1) is 0 Å². The Morgan fingerprint density at radius 2 is 1.53 bits per heavy atom. The van der Waals surface area contributed by atoms with Crippen LogP contribution in [0.2, 0.25) is 0 Å². The van der Waals surface area contributed by atoms with Gasteiger partial charge < -0.3 is 15.1 Å². The molecule has 0 saturated carbocycles. The summed E-state index contributed by atoms with van der Waals surface area (Å²) in [6, 6.07) is 0. The molecule has 0 bridgehead atoms. The molecule has 0 unspecified atom stereocenters. The molecule has 19 heavy (non-hydrogen) atoms. The molecule has 1 fully saturated rings. The van der Waals surface area contributed by atoms with E-state index in [1.54, 1.807) is 0 Å². The fourth-order valence-electron chi connectivity index (χ4n) is 2.52. The van der Waals surface area contributed by atoms with Gasteiger partial charge in [-0.15, -0.1) is 0 Å². The Balaban J connectivity index is 1.94. The Bertz CT molecular complexity index is 200. The Labute approximate surface area is 120 Å². The lowest BCUT2D eigenvalue weighted by atomic mass is 10.2. The molecule has 0 aromatic rings. The van der Waals surface area contributed by atoms with Crippen molar-refractivity contribution in [2.75, 3.05) is 73.0 Å². The fourth-order valence-corrected chi connectivity index (χ4v) is 2.52. The standard InChI is InChI=1S/C15H34N4/c1-4-16-8-6-5-7-9-18-12-14-19(15-13-18)11-10-17(2)3/h16H,4-15H2,1-3H3. The fraction of sp³-hybridized carbons (Fsp3) is 1.00. The summed E-state index contributed by atoms with van der Waals surface area (Å²) in [4.78, 5) is 7.51. The quantitative estimate of drug-likeness (QED) is 0.597. The molecule has 0 amide bonds. The van der Waals surface area contributed by atoms with Crippen LogP contribution in [0.3, 0.4) is 0 Å². The summed E-state index contributed by atoms with van der Waals surface area (Å²) in [6.07, 6.45) is 4.06. The van der Waals surface area contributed by atoms with Crippen molar-refractivity contribution in [2.45, 2.75) is 26.2 Å². The average molecular weight is 270 g/mol. The number of unbranched alkanes of at least 4 members (excludes halogenated alkanes) is 2. The minimum absolute atomic E-state index is 1.11. The van der Waals surface area contributed by atoms with Crippen LogP contribution in [0.15, 0.2) is 0 Å². The molecule has 1 aliphatic heterocycles. The van der Waals surface area contributed by atoms with Gasteiger partial charge in [0.15, 0.2) is 0 Å². The molecule has 4 heteroatoms. The smallest absolute Gasteiger partial charge is 0.0110 e. The van der Waals surface area contributed by atoms with Gasteiger partial charge in [-0.1, -0.05) is 13.3 Å². The monoisotopic (exact) mass is 270 g/mol. The van der Waals surface area contributed by atoms with Crippen LogP contribution in [0.4, 0.5) is 0 Å². The van der Waals surface area contributed by atoms with Crippen molar-refractivity contribution in [1.82, 2.24) is 20.0 Å². The van der Waals surface area contributed by atoms with Crippen LogP contribution in [-0.2, 0) is 0 Å². The molecule has 4 nitrogen and oxygen atoms in total. The zero-order valence-electron chi connectivity index (χ0n) is 13.3. The number of nitrogens with zero attached hydrogens (tertiary/aromatic N) is 3. The van der Waals surface area contributed by atoms with Crippen LogP contribution >= 0.6 is 0 Å². The molecule has 0 atom stereocenters. The first-order valence-electron chi connectivity index (χ1n) is 8.02. The summed E-state index contributed by atoms with van der Waals surface area (Å²) in [5, 5.41) is 3.39. The molecule has 1 saturated heterocycles. The zero-order valence-corrected chi connectivity index (χ0v) is 13.3. The molecule has 1 aliphatic rings. The van der Waals surface area contributed by atoms with Gasteiger partial charge in [-0.3, -0.25) is 4.90 Å². The summed E-state index contributed by atoms with van der Waals surface area (Å²) >= 11 is 0. The number of piperazine rings is 1. The number of hydrogen-bond donors (Lipinski definition) is 1. The number of likely N-dealkylation sites (N-methyl/N-ethyl adjacent to an activating group) is 1. The van der Waals surface area contributed by atoms with Crippen LogP contribution in [0.1, 0.15) is 26.2 Å². The second-order valence-corrected chi connectivity index (χ2v) is 5.90. The Kier molecular flexibility index (Phi) is 9.43. The maximum Gasteiger partial charge on any atom is 0.0110 e. The van der Waals surface area contributed by atoms with E-state index in [2.05, 4.69) is 41.0 Å². The zero-order chi connectivity index (χ0) is 13.9. The third-order valence-corrected chi connectivity index (χ3v) is 3.91. The van der Waals surface area contributed by atoms with E-state index in [0.717, 1.165) is 6.54 Å². The molecule has 0 aliphatic carbocycles. The Morgan fingerprint density at radius 3 is 2.11 bits per heavy atom. The van der Waals surface area contributed by atoms with Gasteiger partial charge in [0.2, 0.25) is 0 Å². The van der Waals surface area contributed by atoms with E-state index in [4.69, 9.17) is 0 Å². The van der Waals surface area contributed by atoms with Crippen molar-refractivity contribution in [2.24, 2.45) is 0 Å². The van der Waals surface area contributed by atoms with E-state index in [1.807, 2.05) is 0 Å². The summed E-state index contributed by atoms with van der Waals surface area (Å²) in [7, 11) is 4.31. The SMILES string of the molecule is CCNCCCCCN1CCN(CCN(C)C)CC1. The number of hydrogen-bond acceptors (Lipinski definition) is 4. The Hall–Kier alpha value is -0.160. The second-order valence-electron chi connectivity index (χ2n) is 5.90. The first-order chi connectivity index (χ1) is 9.22. The van der Waals surface area contributed by atoms with Gasteiger partial charge in [0.25, 0.3) is 0 Å². The van der Waals surface area contributed by atoms with Crippen molar-refractivity contribution in [1.29, 1.82) is 0 Å². The molecule has 1 heterocycles. The highest BCUT2D eigenvalue weighted by atomic mass is 15.3. The normalized spacial score (nSPS) is 18.3. The third kappa shape index (κ3) is 8.58. The highest BCUT2D eigenvalue weighted by Crippen LogP contribution is 2.04. The van der Waals surface area contributed by atoms with Gasteiger partial charge in [-0.05, 0) is 46.6 Å². The lowest BCUT2D eigenvalue weighted by molar-refractivity contribution is 0.124. The molecule has 1 rings (SSSR count). The van der Waals surface area contributed by atoms with Crippen molar-refractivity contribution in [3.8, 4) is 0 Å². The predicted molar refractivity (Wildman–Crippen MR) is 83.8 cm³/mol. The first-order valence-corrected chi connectivity index (χ1v) is 8.02. The van der Waals surface area contributed by atoms with Gasteiger partial charge in [-0.2, -0.15) is 0 Å². The number of rotatable bonds is 10. The van der Waals surface area contributed by atoms with Crippen LogP contribution in [0.25, 0.3) is 0 Å². The lowest BCUT2D eigenvalue weighted by Gasteiger charge is -2.35. The van der Waals surface area contributed by atoms with E-state index in [0.29, 0.717) is 0 Å². The number of nitrogens with one attached hydrogen (secondary N) is 1. The highest BCUT2D eigenvalue weighted by Gasteiger charge is 2.15. The topological polar surface area (TPSA) is 21.8 Å². The van der Waals surface area contributed by atoms with Crippen molar-refractivity contribution < 1.29 is 0 Å². The largest absolute Gasteiger partial charge is 0.317 e. The summed E-state index contributed by atoms with van der Waals surface area (Å²) in [6.45, 7) is 13.2. The molecule has 0 aromatic heterocycles. The van der Waals surface area contributed by atoms with Crippen molar-refractivity contribution in [3.05, 3.63) is 0 Å². The highest BCUT2D eigenvalue weighted by molar-refractivity contribution is 4.72. The molecular formula is C15H34N4. The van der Waals surface area contributed by atoms with Crippen molar-refractivity contribution in [3.63, 3.8) is 0 Å². The molecule has 1 N–H and O–H groups in total. The van der Waals surface area contributed by atoms with Crippen LogP contribution in [-0.4, -0.2) is 87.7 Å². The predicted octanol–water partition coefficient (Wildman–Crippen LogP) is 0.945. The molecular weight excluding hydrogens is 236 g/mol. The molecule has 0 aromatic carbocycles. The lowest BCUT2D eigenvalue weighted by Crippen LogP contribution is -2.48. The minimum atomic E-state index is 1.11. The van der Waals surface area contributed by atoms with Gasteiger partial charge in [0.1, 0.15) is 0 Å². The van der Waals surface area contributed by atoms with Gasteiger partial charge in [0, 0.05) is 39.3 Å². The molecule has 114 valence electrons. The second kappa shape index (κ2) is 10.6. The van der Waals surface area contributed by atoms with Crippen LogP contribution < -0.4 is 5.32 Å². The van der Waals surface area contributed by atoms with E-state index in [9.17, 15) is 0 Å². The minimum Gasteiger partial charge on any atom is -0.317 e. The van der Waals surface area contributed by atoms with Gasteiger partial charge >= 0.3 is 0 Å². The first kappa shape index (κ1) is 16.9. The van der Waals surface area contributed by atoms with E-state index in [1.165, 1.54) is 71.6 Å². The maximum absolute atomic E-state index is 3.39. The van der Waals surface area contributed by atoms with E-state index >= 15 is 0 Å². The Morgan fingerprint density at radius 1 is 0.895 bits per heavy atom. The summed E-state index contributed by atoms with van der Waals surface area (Å²) < 4.78 is 0. The summed E-state index contributed by atoms with van der Waals surface area (Å²) in [5.41, 5.74) is 0. The van der Waals surface area contributed by atoms with Gasteiger partial charge in [0.05, 0.1) is 0 Å². The average Bonchev–Trinajstić information content (AvgIpc) is 2.41. The summed E-state index contributed by atoms with van der Waals surface area (Å²) in [5.74, 6) is 0. The van der Waals surface area contributed by atoms with Gasteiger partial charge in [-0.25, -0.2) is 0 Å². The third-order valence-electron chi connectivity index (χ3n) is 3.91. The van der Waals surface area contributed by atoms with E-state index < -0.39 is 0 Å². The molecule has 0 spiro atoms. The van der Waals surface area contributed by atoms with Crippen molar-refractivity contribution >= 4 is 0 Å². The molecule has 0 radical (unpaired) electrons.